The third-order valence-corrected chi connectivity index (χ3v) is 4.25. The molecule has 4 rings (SSSR count). The molecule has 146 valence electrons. The van der Waals surface area contributed by atoms with Crippen LogP contribution in [0.2, 0.25) is 0 Å². The van der Waals surface area contributed by atoms with E-state index in [0.29, 0.717) is 17.3 Å². The van der Waals surface area contributed by atoms with E-state index in [2.05, 4.69) is 35.8 Å². The first-order valence-electron chi connectivity index (χ1n) is 8.91. The second kappa shape index (κ2) is 7.98. The van der Waals surface area contributed by atoms with E-state index in [4.69, 9.17) is 0 Å². The molecule has 1 atom stereocenters. The number of nitrogens with zero attached hydrogens (tertiary/aromatic N) is 6. The van der Waals surface area contributed by atoms with Crippen molar-refractivity contribution in [3.63, 3.8) is 0 Å². The van der Waals surface area contributed by atoms with Crippen LogP contribution in [0, 0.1) is 0 Å². The first-order chi connectivity index (χ1) is 14.1. The van der Waals surface area contributed by atoms with Gasteiger partial charge in [-0.1, -0.05) is 24.3 Å². The zero-order valence-corrected chi connectivity index (χ0v) is 15.5. The Kier molecular flexibility index (Phi) is 5.08. The van der Waals surface area contributed by atoms with E-state index in [1.165, 1.54) is 6.33 Å². The zero-order chi connectivity index (χ0) is 20.2. The van der Waals surface area contributed by atoms with Crippen molar-refractivity contribution in [1.82, 2.24) is 29.7 Å². The van der Waals surface area contributed by atoms with Gasteiger partial charge in [0.2, 0.25) is 5.95 Å². The Labute approximate surface area is 165 Å². The fourth-order valence-electron chi connectivity index (χ4n) is 2.75. The molecule has 0 aliphatic rings. The van der Waals surface area contributed by atoms with Crippen molar-refractivity contribution in [3.05, 3.63) is 55.0 Å². The lowest BCUT2D eigenvalue weighted by atomic mass is 10.2. The van der Waals surface area contributed by atoms with Gasteiger partial charge in [0.25, 0.3) is 0 Å². The lowest BCUT2D eigenvalue weighted by molar-refractivity contribution is 0.239. The van der Waals surface area contributed by atoms with Gasteiger partial charge in [-0.2, -0.15) is 0 Å². The first-order valence-corrected chi connectivity index (χ1v) is 8.91. The van der Waals surface area contributed by atoms with Crippen LogP contribution in [0.25, 0.3) is 22.4 Å². The number of aromatic nitrogens is 6. The molecule has 0 fully saturated rings. The molecule has 10 heteroatoms. The number of carbonyl (C=O) groups excluding carboxylic acids is 1. The molecule has 0 radical (unpaired) electrons. The average Bonchev–Trinajstić information content (AvgIpc) is 3.23. The normalized spacial score (nSPS) is 11.9. The number of aliphatic hydroxyl groups is 1. The van der Waals surface area contributed by atoms with Crippen molar-refractivity contribution in [2.45, 2.75) is 13.0 Å². The maximum absolute atomic E-state index is 12.3. The summed E-state index contributed by atoms with van der Waals surface area (Å²) in [6, 6.07) is 11.9. The fraction of sp³-hybridized carbons (Fsp3) is 0.158. The zero-order valence-electron chi connectivity index (χ0n) is 15.5. The molecule has 29 heavy (non-hydrogen) atoms. The standard InChI is InChI=1S/C19H18N8O2/c1-12(10-28)27-11-21-26-17(27)15-7-4-8-16(22-15)24-19(29)25-18-20-9-13-5-2-3-6-14(13)23-18/h2-9,11-12,28H,10H2,1H3,(H2,20,22,23,24,25,29)/t12-/m1/s1. The van der Waals surface area contributed by atoms with Gasteiger partial charge in [-0.25, -0.2) is 19.7 Å². The summed E-state index contributed by atoms with van der Waals surface area (Å²) in [5, 5.41) is 23.5. The smallest absolute Gasteiger partial charge is 0.327 e. The number of anilines is 2. The Morgan fingerprint density at radius 1 is 1.14 bits per heavy atom. The van der Waals surface area contributed by atoms with Gasteiger partial charge < -0.3 is 9.67 Å². The Morgan fingerprint density at radius 3 is 2.86 bits per heavy atom. The third kappa shape index (κ3) is 4.01. The lowest BCUT2D eigenvalue weighted by Crippen LogP contribution is -2.21. The third-order valence-electron chi connectivity index (χ3n) is 4.25. The molecule has 0 aliphatic heterocycles. The number of pyridine rings is 1. The largest absolute Gasteiger partial charge is 0.394 e. The summed E-state index contributed by atoms with van der Waals surface area (Å²) in [7, 11) is 0. The van der Waals surface area contributed by atoms with Crippen molar-refractivity contribution < 1.29 is 9.90 Å². The first kappa shape index (κ1) is 18.4. The summed E-state index contributed by atoms with van der Waals surface area (Å²) in [5.74, 6) is 1.01. The minimum Gasteiger partial charge on any atom is -0.394 e. The molecule has 0 spiro atoms. The molecule has 0 saturated carbocycles. The SMILES string of the molecule is C[C@H](CO)n1cnnc1-c1cccc(NC(=O)Nc2ncc3ccccc3n2)n1. The average molecular weight is 390 g/mol. The Bertz CT molecular complexity index is 1160. The van der Waals surface area contributed by atoms with Gasteiger partial charge in [0.15, 0.2) is 5.82 Å². The van der Waals surface area contributed by atoms with Gasteiger partial charge in [-0.3, -0.25) is 10.6 Å². The van der Waals surface area contributed by atoms with E-state index in [-0.39, 0.29) is 18.6 Å². The number of carbonyl (C=O) groups is 1. The number of amides is 2. The van der Waals surface area contributed by atoms with Crippen LogP contribution in [0.5, 0.6) is 0 Å². The van der Waals surface area contributed by atoms with Crippen molar-refractivity contribution in [2.24, 2.45) is 0 Å². The number of benzene rings is 1. The Balaban J connectivity index is 1.50. The molecule has 0 bridgehead atoms. The quantitative estimate of drug-likeness (QED) is 0.477. The highest BCUT2D eigenvalue weighted by Crippen LogP contribution is 2.20. The lowest BCUT2D eigenvalue weighted by Gasteiger charge is -2.12. The Hall–Kier alpha value is -3.92. The highest BCUT2D eigenvalue weighted by atomic mass is 16.3. The van der Waals surface area contributed by atoms with Crippen LogP contribution in [0.1, 0.15) is 13.0 Å². The predicted molar refractivity (Wildman–Crippen MR) is 107 cm³/mol. The van der Waals surface area contributed by atoms with Crippen molar-refractivity contribution in [3.8, 4) is 11.5 Å². The molecule has 3 heterocycles. The maximum Gasteiger partial charge on any atom is 0.327 e. The molecule has 10 nitrogen and oxygen atoms in total. The van der Waals surface area contributed by atoms with Crippen LogP contribution in [0.4, 0.5) is 16.6 Å². The maximum atomic E-state index is 12.3. The van der Waals surface area contributed by atoms with Crippen LogP contribution in [-0.4, -0.2) is 47.5 Å². The van der Waals surface area contributed by atoms with E-state index in [1.807, 2.05) is 31.2 Å². The van der Waals surface area contributed by atoms with Crippen LogP contribution in [0.3, 0.4) is 0 Å². The summed E-state index contributed by atoms with van der Waals surface area (Å²) < 4.78 is 1.72. The van der Waals surface area contributed by atoms with Gasteiger partial charge >= 0.3 is 6.03 Å². The highest BCUT2D eigenvalue weighted by Gasteiger charge is 2.14. The van der Waals surface area contributed by atoms with E-state index < -0.39 is 6.03 Å². The molecule has 1 aromatic carbocycles. The monoisotopic (exact) mass is 390 g/mol. The van der Waals surface area contributed by atoms with E-state index in [1.54, 1.807) is 29.0 Å². The topological polar surface area (TPSA) is 131 Å². The number of para-hydroxylation sites is 1. The van der Waals surface area contributed by atoms with Gasteiger partial charge in [0, 0.05) is 11.6 Å². The molecule has 0 unspecified atom stereocenters. The number of hydrogen-bond donors (Lipinski definition) is 3. The minimum atomic E-state index is -0.518. The van der Waals surface area contributed by atoms with Crippen LogP contribution >= 0.6 is 0 Å². The van der Waals surface area contributed by atoms with Crippen molar-refractivity contribution >= 4 is 28.7 Å². The summed E-state index contributed by atoms with van der Waals surface area (Å²) in [6.07, 6.45) is 3.17. The van der Waals surface area contributed by atoms with Gasteiger partial charge in [0.05, 0.1) is 18.2 Å². The number of hydrogen-bond acceptors (Lipinski definition) is 7. The molecule has 2 amide bonds. The van der Waals surface area contributed by atoms with Crippen molar-refractivity contribution in [1.29, 1.82) is 0 Å². The number of nitrogens with one attached hydrogen (secondary N) is 2. The fourth-order valence-corrected chi connectivity index (χ4v) is 2.75. The van der Waals surface area contributed by atoms with E-state index >= 15 is 0 Å². The van der Waals surface area contributed by atoms with Crippen LogP contribution in [-0.2, 0) is 0 Å². The second-order valence-electron chi connectivity index (χ2n) is 6.33. The van der Waals surface area contributed by atoms with Gasteiger partial charge in [0.1, 0.15) is 17.8 Å². The summed E-state index contributed by atoms with van der Waals surface area (Å²) in [4.78, 5) is 25.2. The molecule has 3 N–H and O–H groups in total. The second-order valence-corrected chi connectivity index (χ2v) is 6.33. The van der Waals surface area contributed by atoms with E-state index in [0.717, 1.165) is 10.9 Å². The number of aliphatic hydroxyl groups excluding tert-OH is 1. The summed E-state index contributed by atoms with van der Waals surface area (Å²) in [5.41, 5.74) is 1.25. The van der Waals surface area contributed by atoms with Crippen LogP contribution < -0.4 is 10.6 Å². The van der Waals surface area contributed by atoms with Crippen LogP contribution in [0.15, 0.2) is 55.0 Å². The summed E-state index contributed by atoms with van der Waals surface area (Å²) >= 11 is 0. The molecular formula is C19H18N8O2. The molecular weight excluding hydrogens is 372 g/mol. The minimum absolute atomic E-state index is 0.0584. The summed E-state index contributed by atoms with van der Waals surface area (Å²) in [6.45, 7) is 1.78. The molecule has 4 aromatic rings. The predicted octanol–water partition coefficient (Wildman–Crippen LogP) is 2.48. The molecule has 0 aliphatic carbocycles. The molecule has 3 aromatic heterocycles. The van der Waals surface area contributed by atoms with Gasteiger partial charge in [-0.05, 0) is 25.1 Å². The number of fused-ring (bicyclic) bond motifs is 1. The van der Waals surface area contributed by atoms with E-state index in [9.17, 15) is 9.90 Å². The highest BCUT2D eigenvalue weighted by molar-refractivity contribution is 5.98. The number of urea groups is 1. The van der Waals surface area contributed by atoms with Crippen molar-refractivity contribution in [2.75, 3.05) is 17.2 Å². The Morgan fingerprint density at radius 2 is 2.00 bits per heavy atom. The number of rotatable bonds is 5. The molecule has 0 saturated heterocycles. The van der Waals surface area contributed by atoms with Gasteiger partial charge in [-0.15, -0.1) is 10.2 Å².